The zero-order chi connectivity index (χ0) is 12.0. The average Bonchev–Trinajstić information content (AvgIpc) is 2.65. The fraction of sp³-hybridized carbons (Fsp3) is 0.429. The second-order valence-electron chi connectivity index (χ2n) is 3.93. The van der Waals surface area contributed by atoms with E-state index in [1.54, 1.807) is 0 Å². The van der Waals surface area contributed by atoms with Crippen molar-refractivity contribution in [1.29, 1.82) is 0 Å². The Hall–Kier alpha value is -0.950. The number of rotatable bonds is 2. The molecular formula is C14H20ClN. The van der Waals surface area contributed by atoms with Gasteiger partial charge in [-0.2, -0.15) is 0 Å². The molecular weight excluding hydrogens is 218 g/mol. The van der Waals surface area contributed by atoms with Gasteiger partial charge in [0.25, 0.3) is 0 Å². The fourth-order valence-electron chi connectivity index (χ4n) is 1.65. The molecule has 0 amide bonds. The molecule has 2 rings (SSSR count). The third kappa shape index (κ3) is 3.02. The van der Waals surface area contributed by atoms with Gasteiger partial charge in [0, 0.05) is 11.6 Å². The first kappa shape index (κ1) is 13.1. The number of para-hydroxylation sites is 1. The molecule has 2 aromatic rings. The van der Waals surface area contributed by atoms with Crippen LogP contribution in [0.3, 0.4) is 0 Å². The first-order chi connectivity index (χ1) is 7.74. The standard InChI is InChI=1S/C11H12ClN.C3H8/c1-2-4-8-7-13-11-9(8)5-3-6-10(11)12;1-3-2/h3,5-7,13H,2,4H2,1H3;3H2,1-2H3. The minimum Gasteiger partial charge on any atom is -0.360 e. The Kier molecular flexibility index (Phi) is 5.41. The summed E-state index contributed by atoms with van der Waals surface area (Å²) in [6.07, 6.45) is 5.58. The Balaban J connectivity index is 0.000000386. The molecule has 0 bridgehead atoms. The predicted octanol–water partition coefficient (Wildman–Crippen LogP) is 5.19. The van der Waals surface area contributed by atoms with Gasteiger partial charge in [-0.25, -0.2) is 0 Å². The van der Waals surface area contributed by atoms with E-state index in [0.29, 0.717) is 0 Å². The second-order valence-corrected chi connectivity index (χ2v) is 4.34. The number of H-pyrrole nitrogens is 1. The Morgan fingerprint density at radius 2 is 1.88 bits per heavy atom. The molecule has 1 heterocycles. The predicted molar refractivity (Wildman–Crippen MR) is 73.3 cm³/mol. The van der Waals surface area contributed by atoms with Crippen LogP contribution in [-0.4, -0.2) is 4.98 Å². The molecule has 1 N–H and O–H groups in total. The van der Waals surface area contributed by atoms with E-state index in [0.717, 1.165) is 17.0 Å². The smallest absolute Gasteiger partial charge is 0.0647 e. The van der Waals surface area contributed by atoms with Crippen molar-refractivity contribution in [3.63, 3.8) is 0 Å². The van der Waals surface area contributed by atoms with Gasteiger partial charge in [-0.05, 0) is 18.1 Å². The molecule has 1 aromatic heterocycles. The van der Waals surface area contributed by atoms with Gasteiger partial charge in [0.1, 0.15) is 0 Å². The van der Waals surface area contributed by atoms with E-state index in [4.69, 9.17) is 11.6 Å². The summed E-state index contributed by atoms with van der Waals surface area (Å²) in [6, 6.07) is 6.02. The summed E-state index contributed by atoms with van der Waals surface area (Å²) in [7, 11) is 0. The van der Waals surface area contributed by atoms with Crippen molar-refractivity contribution in [3.05, 3.63) is 35.0 Å². The normalized spacial score (nSPS) is 10.0. The monoisotopic (exact) mass is 237 g/mol. The number of fused-ring (bicyclic) bond motifs is 1. The van der Waals surface area contributed by atoms with E-state index in [1.165, 1.54) is 23.8 Å². The lowest BCUT2D eigenvalue weighted by Crippen LogP contribution is -1.78. The Morgan fingerprint density at radius 1 is 1.19 bits per heavy atom. The summed E-state index contributed by atoms with van der Waals surface area (Å²) in [5.74, 6) is 0. The van der Waals surface area contributed by atoms with Crippen LogP contribution in [0.15, 0.2) is 24.4 Å². The van der Waals surface area contributed by atoms with E-state index in [-0.39, 0.29) is 0 Å². The lowest BCUT2D eigenvalue weighted by molar-refractivity contribution is 0.929. The zero-order valence-electron chi connectivity index (χ0n) is 10.3. The summed E-state index contributed by atoms with van der Waals surface area (Å²) in [6.45, 7) is 6.43. The lowest BCUT2D eigenvalue weighted by atomic mass is 10.1. The van der Waals surface area contributed by atoms with Gasteiger partial charge in [-0.15, -0.1) is 0 Å². The van der Waals surface area contributed by atoms with Gasteiger partial charge < -0.3 is 4.98 Å². The highest BCUT2D eigenvalue weighted by Crippen LogP contribution is 2.25. The lowest BCUT2D eigenvalue weighted by Gasteiger charge is -1.96. The van der Waals surface area contributed by atoms with Crippen molar-refractivity contribution < 1.29 is 0 Å². The van der Waals surface area contributed by atoms with Crippen LogP contribution in [0.25, 0.3) is 10.9 Å². The third-order valence-electron chi connectivity index (χ3n) is 2.27. The molecule has 0 aliphatic carbocycles. The van der Waals surface area contributed by atoms with E-state index < -0.39 is 0 Å². The minimum absolute atomic E-state index is 0.805. The first-order valence-electron chi connectivity index (χ1n) is 5.99. The molecule has 16 heavy (non-hydrogen) atoms. The van der Waals surface area contributed by atoms with Gasteiger partial charge in [0.05, 0.1) is 10.5 Å². The molecule has 0 aliphatic heterocycles. The van der Waals surface area contributed by atoms with Gasteiger partial charge in [-0.1, -0.05) is 57.3 Å². The molecule has 1 nitrogen and oxygen atoms in total. The van der Waals surface area contributed by atoms with Crippen LogP contribution in [0.1, 0.15) is 39.2 Å². The summed E-state index contributed by atoms with van der Waals surface area (Å²) in [5.41, 5.74) is 2.42. The number of benzene rings is 1. The average molecular weight is 238 g/mol. The molecule has 88 valence electrons. The molecule has 0 unspecified atom stereocenters. The third-order valence-corrected chi connectivity index (χ3v) is 2.58. The van der Waals surface area contributed by atoms with E-state index in [1.807, 2.05) is 12.1 Å². The quantitative estimate of drug-likeness (QED) is 0.740. The summed E-state index contributed by atoms with van der Waals surface area (Å²) in [5, 5.41) is 2.06. The van der Waals surface area contributed by atoms with Crippen LogP contribution in [0.4, 0.5) is 0 Å². The van der Waals surface area contributed by atoms with Gasteiger partial charge in [-0.3, -0.25) is 0 Å². The Labute approximate surface area is 103 Å². The maximum absolute atomic E-state index is 6.04. The van der Waals surface area contributed by atoms with Crippen molar-refractivity contribution in [3.8, 4) is 0 Å². The van der Waals surface area contributed by atoms with Crippen molar-refractivity contribution in [2.75, 3.05) is 0 Å². The number of nitrogens with one attached hydrogen (secondary N) is 1. The number of aromatic nitrogens is 1. The van der Waals surface area contributed by atoms with Crippen LogP contribution >= 0.6 is 11.6 Å². The second kappa shape index (κ2) is 6.59. The molecule has 0 aliphatic rings. The van der Waals surface area contributed by atoms with Crippen LogP contribution in [-0.2, 0) is 6.42 Å². The molecule has 0 saturated carbocycles. The molecule has 1 aromatic carbocycles. The molecule has 0 atom stereocenters. The van der Waals surface area contributed by atoms with Crippen LogP contribution in [0, 0.1) is 0 Å². The van der Waals surface area contributed by atoms with Gasteiger partial charge >= 0.3 is 0 Å². The van der Waals surface area contributed by atoms with E-state index >= 15 is 0 Å². The fourth-order valence-corrected chi connectivity index (χ4v) is 1.88. The highest BCUT2D eigenvalue weighted by atomic mass is 35.5. The first-order valence-corrected chi connectivity index (χ1v) is 6.36. The van der Waals surface area contributed by atoms with Crippen LogP contribution in [0.5, 0.6) is 0 Å². The van der Waals surface area contributed by atoms with Gasteiger partial charge in [0.15, 0.2) is 0 Å². The maximum atomic E-state index is 6.04. The highest BCUT2D eigenvalue weighted by Gasteiger charge is 2.04. The summed E-state index contributed by atoms with van der Waals surface area (Å²) < 4.78 is 0. The SMILES string of the molecule is CCC.CCCc1c[nH]c2c(Cl)cccc12. The van der Waals surface area contributed by atoms with Crippen molar-refractivity contribution in [2.24, 2.45) is 0 Å². The molecule has 2 heteroatoms. The topological polar surface area (TPSA) is 15.8 Å². The van der Waals surface area contributed by atoms with Crippen molar-refractivity contribution in [2.45, 2.75) is 40.0 Å². The van der Waals surface area contributed by atoms with Crippen molar-refractivity contribution >= 4 is 22.5 Å². The van der Waals surface area contributed by atoms with Crippen LogP contribution < -0.4 is 0 Å². The number of halogens is 1. The highest BCUT2D eigenvalue weighted by molar-refractivity contribution is 6.35. The van der Waals surface area contributed by atoms with Gasteiger partial charge in [0.2, 0.25) is 0 Å². The Morgan fingerprint density at radius 3 is 2.50 bits per heavy atom. The summed E-state index contributed by atoms with van der Waals surface area (Å²) in [4.78, 5) is 3.21. The number of aromatic amines is 1. The molecule has 0 spiro atoms. The number of aryl methyl sites for hydroxylation is 1. The summed E-state index contributed by atoms with van der Waals surface area (Å²) >= 11 is 6.04. The van der Waals surface area contributed by atoms with Crippen molar-refractivity contribution in [1.82, 2.24) is 4.98 Å². The Bertz CT molecular complexity index is 431. The minimum atomic E-state index is 0.805. The zero-order valence-corrected chi connectivity index (χ0v) is 11.1. The largest absolute Gasteiger partial charge is 0.360 e. The van der Waals surface area contributed by atoms with E-state index in [2.05, 4.69) is 38.0 Å². The molecule has 0 radical (unpaired) electrons. The maximum Gasteiger partial charge on any atom is 0.0647 e. The van der Waals surface area contributed by atoms with E-state index in [9.17, 15) is 0 Å². The molecule has 0 saturated heterocycles. The number of hydrogen-bond acceptors (Lipinski definition) is 0. The number of hydrogen-bond donors (Lipinski definition) is 1. The van der Waals surface area contributed by atoms with Crippen LogP contribution in [0.2, 0.25) is 5.02 Å². The molecule has 0 fully saturated rings.